The first-order chi connectivity index (χ1) is 9.13. The van der Waals surface area contributed by atoms with Crippen LogP contribution in [0.15, 0.2) is 54.3 Å². The highest BCUT2D eigenvalue weighted by Gasteiger charge is 2.34. The molecule has 0 aliphatic heterocycles. The van der Waals surface area contributed by atoms with Crippen molar-refractivity contribution < 1.29 is 4.74 Å². The number of aromatic amines is 1. The lowest BCUT2D eigenvalue weighted by Gasteiger charge is -2.33. The third-order valence-electron chi connectivity index (χ3n) is 4.28. The molecule has 1 aromatic heterocycles. The molecule has 0 saturated heterocycles. The van der Waals surface area contributed by atoms with E-state index in [-0.39, 0.29) is 5.41 Å². The molecule has 1 N–H and O–H groups in total. The van der Waals surface area contributed by atoms with E-state index in [4.69, 9.17) is 4.74 Å². The fourth-order valence-electron chi connectivity index (χ4n) is 2.73. The SMILES string of the molecule is COC1=CC(C)(c2cc3ccccc3[nH]2)C(C)C=C1. The molecule has 2 aromatic rings. The molecule has 98 valence electrons. The van der Waals surface area contributed by atoms with Crippen LogP contribution in [-0.2, 0) is 10.2 Å². The fraction of sp³-hybridized carbons (Fsp3) is 0.294. The normalized spacial score (nSPS) is 26.5. The Morgan fingerprint density at radius 1 is 1.26 bits per heavy atom. The summed E-state index contributed by atoms with van der Waals surface area (Å²) < 4.78 is 5.39. The van der Waals surface area contributed by atoms with E-state index in [0.717, 1.165) is 5.76 Å². The lowest BCUT2D eigenvalue weighted by atomic mass is 9.72. The number of nitrogens with one attached hydrogen (secondary N) is 1. The topological polar surface area (TPSA) is 25.0 Å². The van der Waals surface area contributed by atoms with Crippen molar-refractivity contribution in [2.45, 2.75) is 19.3 Å². The summed E-state index contributed by atoms with van der Waals surface area (Å²) in [6, 6.07) is 10.6. The molecule has 2 unspecified atom stereocenters. The van der Waals surface area contributed by atoms with Gasteiger partial charge in [-0.15, -0.1) is 0 Å². The Morgan fingerprint density at radius 2 is 2.05 bits per heavy atom. The van der Waals surface area contributed by atoms with E-state index in [0.29, 0.717) is 5.92 Å². The van der Waals surface area contributed by atoms with E-state index in [9.17, 15) is 0 Å². The van der Waals surface area contributed by atoms with Crippen LogP contribution in [0.5, 0.6) is 0 Å². The Labute approximate surface area is 113 Å². The summed E-state index contributed by atoms with van der Waals surface area (Å²) in [5.74, 6) is 1.36. The maximum absolute atomic E-state index is 5.39. The van der Waals surface area contributed by atoms with Gasteiger partial charge in [0.15, 0.2) is 0 Å². The van der Waals surface area contributed by atoms with Crippen molar-refractivity contribution in [2.24, 2.45) is 5.92 Å². The summed E-state index contributed by atoms with van der Waals surface area (Å²) in [5, 5.41) is 1.26. The van der Waals surface area contributed by atoms with Crippen LogP contribution in [0, 0.1) is 5.92 Å². The lowest BCUT2D eigenvalue weighted by Crippen LogP contribution is -2.29. The first kappa shape index (κ1) is 12.1. The van der Waals surface area contributed by atoms with E-state index in [1.54, 1.807) is 7.11 Å². The summed E-state index contributed by atoms with van der Waals surface area (Å²) in [7, 11) is 1.72. The van der Waals surface area contributed by atoms with Gasteiger partial charge >= 0.3 is 0 Å². The summed E-state index contributed by atoms with van der Waals surface area (Å²) in [4.78, 5) is 3.55. The molecule has 2 nitrogen and oxygen atoms in total. The van der Waals surface area contributed by atoms with Crippen molar-refractivity contribution in [3.63, 3.8) is 0 Å². The minimum Gasteiger partial charge on any atom is -0.497 e. The molecule has 0 bridgehead atoms. The zero-order valence-corrected chi connectivity index (χ0v) is 11.6. The highest BCUT2D eigenvalue weighted by Crippen LogP contribution is 2.39. The van der Waals surface area contributed by atoms with Crippen LogP contribution in [-0.4, -0.2) is 12.1 Å². The second-order valence-corrected chi connectivity index (χ2v) is 5.45. The van der Waals surface area contributed by atoms with Gasteiger partial charge in [0.05, 0.1) is 7.11 Å². The minimum atomic E-state index is -0.0564. The van der Waals surface area contributed by atoms with Crippen molar-refractivity contribution in [3.05, 3.63) is 60.0 Å². The van der Waals surface area contributed by atoms with Crippen LogP contribution in [0.4, 0.5) is 0 Å². The third-order valence-corrected chi connectivity index (χ3v) is 4.28. The summed E-state index contributed by atoms with van der Waals surface area (Å²) in [6.07, 6.45) is 6.47. The summed E-state index contributed by atoms with van der Waals surface area (Å²) in [5.41, 5.74) is 2.37. The molecule has 19 heavy (non-hydrogen) atoms. The standard InChI is InChI=1S/C17H19NO/c1-12-8-9-14(19-3)11-17(12,2)16-10-13-6-4-5-7-15(13)18-16/h4-12,18H,1-3H3. The van der Waals surface area contributed by atoms with Crippen molar-refractivity contribution in [3.8, 4) is 0 Å². The number of H-pyrrole nitrogens is 1. The van der Waals surface area contributed by atoms with Crippen LogP contribution in [0.1, 0.15) is 19.5 Å². The molecular formula is C17H19NO. The molecule has 1 aliphatic rings. The van der Waals surface area contributed by atoms with Gasteiger partial charge in [-0.2, -0.15) is 0 Å². The third kappa shape index (κ3) is 1.88. The largest absolute Gasteiger partial charge is 0.497 e. The van der Waals surface area contributed by atoms with Gasteiger partial charge in [0, 0.05) is 16.6 Å². The molecule has 2 atom stereocenters. The molecule has 0 amide bonds. The van der Waals surface area contributed by atoms with Gasteiger partial charge in [-0.25, -0.2) is 0 Å². The quantitative estimate of drug-likeness (QED) is 0.854. The second kappa shape index (κ2) is 4.30. The number of aromatic nitrogens is 1. The smallest absolute Gasteiger partial charge is 0.115 e. The van der Waals surface area contributed by atoms with Gasteiger partial charge in [-0.05, 0) is 42.5 Å². The van der Waals surface area contributed by atoms with Crippen LogP contribution < -0.4 is 0 Å². The Bertz CT molecular complexity index is 632. The van der Waals surface area contributed by atoms with Crippen molar-refractivity contribution in [2.75, 3.05) is 7.11 Å². The van der Waals surface area contributed by atoms with Crippen molar-refractivity contribution in [1.29, 1.82) is 0 Å². The number of para-hydroxylation sites is 1. The van der Waals surface area contributed by atoms with Crippen LogP contribution in [0.25, 0.3) is 10.9 Å². The maximum atomic E-state index is 5.39. The first-order valence-corrected chi connectivity index (χ1v) is 6.67. The van der Waals surface area contributed by atoms with Gasteiger partial charge in [0.2, 0.25) is 0 Å². The second-order valence-electron chi connectivity index (χ2n) is 5.45. The molecule has 0 fully saturated rings. The van der Waals surface area contributed by atoms with Crippen LogP contribution in [0.2, 0.25) is 0 Å². The van der Waals surface area contributed by atoms with Crippen molar-refractivity contribution >= 4 is 10.9 Å². The van der Waals surface area contributed by atoms with Crippen LogP contribution in [0.3, 0.4) is 0 Å². The van der Waals surface area contributed by atoms with E-state index >= 15 is 0 Å². The summed E-state index contributed by atoms with van der Waals surface area (Å²) >= 11 is 0. The van der Waals surface area contributed by atoms with Gasteiger partial charge in [0.1, 0.15) is 5.76 Å². The van der Waals surface area contributed by atoms with E-state index in [2.05, 4.69) is 67.4 Å². The molecule has 1 aliphatic carbocycles. The Balaban J connectivity index is 2.13. The fourth-order valence-corrected chi connectivity index (χ4v) is 2.73. The molecule has 1 aromatic carbocycles. The zero-order chi connectivity index (χ0) is 13.5. The highest BCUT2D eigenvalue weighted by molar-refractivity contribution is 5.80. The monoisotopic (exact) mass is 253 g/mol. The Hall–Kier alpha value is -1.96. The number of methoxy groups -OCH3 is 1. The zero-order valence-electron chi connectivity index (χ0n) is 11.6. The van der Waals surface area contributed by atoms with Crippen molar-refractivity contribution in [1.82, 2.24) is 4.98 Å². The molecule has 0 radical (unpaired) electrons. The number of fused-ring (bicyclic) bond motifs is 1. The number of hydrogen-bond acceptors (Lipinski definition) is 1. The minimum absolute atomic E-state index is 0.0564. The molecule has 2 heteroatoms. The Kier molecular flexibility index (Phi) is 2.74. The number of hydrogen-bond donors (Lipinski definition) is 1. The van der Waals surface area contributed by atoms with E-state index < -0.39 is 0 Å². The average Bonchev–Trinajstić information content (AvgIpc) is 2.86. The highest BCUT2D eigenvalue weighted by atomic mass is 16.5. The van der Waals surface area contributed by atoms with Gasteiger partial charge in [-0.3, -0.25) is 0 Å². The summed E-state index contributed by atoms with van der Waals surface area (Å²) in [6.45, 7) is 4.50. The van der Waals surface area contributed by atoms with Gasteiger partial charge in [-0.1, -0.05) is 31.2 Å². The van der Waals surface area contributed by atoms with Crippen LogP contribution >= 0.6 is 0 Å². The predicted molar refractivity (Wildman–Crippen MR) is 79.0 cm³/mol. The molecular weight excluding hydrogens is 234 g/mol. The number of rotatable bonds is 2. The average molecular weight is 253 g/mol. The lowest BCUT2D eigenvalue weighted by molar-refractivity contribution is 0.289. The van der Waals surface area contributed by atoms with E-state index in [1.807, 2.05) is 0 Å². The molecule has 1 heterocycles. The molecule has 0 saturated carbocycles. The van der Waals surface area contributed by atoms with E-state index in [1.165, 1.54) is 16.6 Å². The van der Waals surface area contributed by atoms with Gasteiger partial charge in [0.25, 0.3) is 0 Å². The maximum Gasteiger partial charge on any atom is 0.115 e. The number of ether oxygens (including phenoxy) is 1. The number of benzene rings is 1. The van der Waals surface area contributed by atoms with Gasteiger partial charge < -0.3 is 9.72 Å². The first-order valence-electron chi connectivity index (χ1n) is 6.67. The predicted octanol–water partition coefficient (Wildman–Crippen LogP) is 4.16. The Morgan fingerprint density at radius 3 is 2.79 bits per heavy atom. The molecule has 0 spiro atoms. The number of allylic oxidation sites excluding steroid dienone is 3. The molecule has 3 rings (SSSR count).